The predicted octanol–water partition coefficient (Wildman–Crippen LogP) is 13.9. The summed E-state index contributed by atoms with van der Waals surface area (Å²) >= 11 is 0. The van der Waals surface area contributed by atoms with E-state index >= 15 is 0 Å². The monoisotopic (exact) mass is 818 g/mol. The summed E-state index contributed by atoms with van der Waals surface area (Å²) in [4.78, 5) is 26.0. The van der Waals surface area contributed by atoms with E-state index in [9.17, 15) is 19.8 Å². The molecule has 59 heavy (non-hydrogen) atoms. The first-order valence-corrected chi connectivity index (χ1v) is 23.7. The molecule has 6 nitrogen and oxygen atoms in total. The number of rotatable bonds is 40. The Hall–Kier alpha value is -3.48. The topological polar surface area (TPSA) is 95.9 Å². The lowest BCUT2D eigenvalue weighted by molar-refractivity contribution is -0.151. The molecular weight excluding hydrogens is 731 g/mol. The van der Waals surface area contributed by atoms with Crippen LogP contribution in [0.5, 0.6) is 0 Å². The van der Waals surface area contributed by atoms with E-state index in [0.717, 1.165) is 96.3 Å². The molecule has 0 bridgehead atoms. The Morgan fingerprint density at radius 2 is 1.02 bits per heavy atom. The Labute approximate surface area is 362 Å². The maximum atomic E-state index is 13.1. The molecule has 0 aromatic heterocycles. The first-order chi connectivity index (χ1) is 29.0. The van der Waals surface area contributed by atoms with Crippen LogP contribution in [-0.2, 0) is 14.3 Å². The smallest absolute Gasteiger partial charge is 0.306 e. The molecule has 0 radical (unpaired) electrons. The van der Waals surface area contributed by atoms with Crippen LogP contribution in [-0.4, -0.2) is 46.9 Å². The highest BCUT2D eigenvalue weighted by atomic mass is 16.5. The molecule has 0 aromatic carbocycles. The van der Waals surface area contributed by atoms with Crippen LogP contribution in [0.15, 0.2) is 109 Å². The van der Waals surface area contributed by atoms with Crippen LogP contribution in [0.1, 0.15) is 188 Å². The van der Waals surface area contributed by atoms with Crippen molar-refractivity contribution in [1.82, 2.24) is 5.32 Å². The van der Waals surface area contributed by atoms with Gasteiger partial charge in [0.2, 0.25) is 5.91 Å². The molecule has 3 N–H and O–H groups in total. The highest BCUT2D eigenvalue weighted by molar-refractivity contribution is 5.77. The summed E-state index contributed by atoms with van der Waals surface area (Å²) in [6.07, 6.45) is 61.6. The number of hydrogen-bond donors (Lipinski definition) is 3. The minimum Gasteiger partial charge on any atom is -0.462 e. The normalized spacial score (nSPS) is 14.3. The quantitative estimate of drug-likeness (QED) is 0.0248. The fourth-order valence-corrected chi connectivity index (χ4v) is 6.41. The van der Waals surface area contributed by atoms with Gasteiger partial charge in [0.25, 0.3) is 0 Å². The van der Waals surface area contributed by atoms with E-state index in [1.165, 1.54) is 44.9 Å². The van der Waals surface area contributed by atoms with E-state index in [1.54, 1.807) is 0 Å². The number of esters is 1. The van der Waals surface area contributed by atoms with Crippen molar-refractivity contribution in [3.8, 4) is 0 Å². The number of carbonyl (C=O) groups excluding carboxylic acids is 2. The SMILES string of the molecule is CC/C=C\C/C=C\C/C=C\C/C=C\C/C=C\CCCCCC(=O)OC(CCC\C=C/C=C\C=C\C=C\CC)CC(=O)NC(CO)C(O)CCCCCCCCCCCC. The van der Waals surface area contributed by atoms with Crippen LogP contribution < -0.4 is 5.32 Å². The van der Waals surface area contributed by atoms with E-state index in [-0.39, 0.29) is 24.9 Å². The average molecular weight is 818 g/mol. The molecule has 334 valence electrons. The Morgan fingerprint density at radius 1 is 0.525 bits per heavy atom. The molecule has 6 heteroatoms. The minimum atomic E-state index is -0.815. The van der Waals surface area contributed by atoms with Gasteiger partial charge in [-0.2, -0.15) is 0 Å². The maximum Gasteiger partial charge on any atom is 0.306 e. The number of aliphatic hydroxyl groups excluding tert-OH is 2. The summed E-state index contributed by atoms with van der Waals surface area (Å²) in [5.74, 6) is -0.594. The zero-order valence-corrected chi connectivity index (χ0v) is 37.8. The van der Waals surface area contributed by atoms with Crippen LogP contribution in [0.3, 0.4) is 0 Å². The van der Waals surface area contributed by atoms with Gasteiger partial charge in [0.15, 0.2) is 0 Å². The van der Waals surface area contributed by atoms with Crippen molar-refractivity contribution >= 4 is 11.9 Å². The van der Waals surface area contributed by atoms with E-state index in [4.69, 9.17) is 4.74 Å². The van der Waals surface area contributed by atoms with Crippen molar-refractivity contribution in [3.05, 3.63) is 109 Å². The Balaban J connectivity index is 4.70. The third-order valence-electron chi connectivity index (χ3n) is 9.94. The summed E-state index contributed by atoms with van der Waals surface area (Å²) in [6.45, 7) is 6.16. The Kier molecular flexibility index (Phi) is 42.9. The van der Waals surface area contributed by atoms with Gasteiger partial charge in [0, 0.05) is 6.42 Å². The number of aliphatic hydroxyl groups is 2. The van der Waals surface area contributed by atoms with Crippen molar-refractivity contribution in [2.75, 3.05) is 6.61 Å². The van der Waals surface area contributed by atoms with E-state index in [0.29, 0.717) is 19.3 Å². The minimum absolute atomic E-state index is 0.0109. The zero-order valence-electron chi connectivity index (χ0n) is 37.8. The molecule has 0 aromatic rings. The van der Waals surface area contributed by atoms with Gasteiger partial charge in [0.1, 0.15) is 6.10 Å². The molecule has 0 saturated heterocycles. The lowest BCUT2D eigenvalue weighted by Gasteiger charge is -2.24. The predicted molar refractivity (Wildman–Crippen MR) is 254 cm³/mol. The molecular formula is C53H87NO5. The molecule has 0 aliphatic heterocycles. The first kappa shape index (κ1) is 55.5. The van der Waals surface area contributed by atoms with Gasteiger partial charge in [-0.25, -0.2) is 0 Å². The van der Waals surface area contributed by atoms with Gasteiger partial charge in [-0.15, -0.1) is 0 Å². The van der Waals surface area contributed by atoms with Crippen molar-refractivity contribution in [2.45, 2.75) is 206 Å². The molecule has 3 unspecified atom stereocenters. The summed E-state index contributed by atoms with van der Waals surface area (Å²) in [7, 11) is 0. The fraction of sp³-hybridized carbons (Fsp3) is 0.623. The number of ether oxygens (including phenoxy) is 1. The molecule has 0 saturated carbocycles. The molecule has 1 amide bonds. The van der Waals surface area contributed by atoms with Crippen LogP contribution in [0, 0.1) is 0 Å². The largest absolute Gasteiger partial charge is 0.462 e. The zero-order chi connectivity index (χ0) is 43.1. The molecule has 0 rings (SSSR count). The van der Waals surface area contributed by atoms with Gasteiger partial charge >= 0.3 is 5.97 Å². The fourth-order valence-electron chi connectivity index (χ4n) is 6.41. The second-order valence-corrected chi connectivity index (χ2v) is 15.5. The first-order valence-electron chi connectivity index (χ1n) is 23.7. The molecule has 0 aliphatic carbocycles. The van der Waals surface area contributed by atoms with Gasteiger partial charge in [0.05, 0.1) is 25.2 Å². The maximum absolute atomic E-state index is 13.1. The number of unbranched alkanes of at least 4 members (excludes halogenated alkanes) is 13. The highest BCUT2D eigenvalue weighted by Crippen LogP contribution is 2.16. The number of carbonyl (C=O) groups is 2. The van der Waals surface area contributed by atoms with Gasteiger partial charge in [-0.3, -0.25) is 9.59 Å². The molecule has 0 heterocycles. The second kappa shape index (κ2) is 45.6. The number of allylic oxidation sites excluding steroid dienone is 18. The van der Waals surface area contributed by atoms with Crippen molar-refractivity contribution in [2.24, 2.45) is 0 Å². The average Bonchev–Trinajstić information content (AvgIpc) is 3.23. The third kappa shape index (κ3) is 41.1. The molecule has 3 atom stereocenters. The summed E-state index contributed by atoms with van der Waals surface area (Å²) in [5.41, 5.74) is 0. The summed E-state index contributed by atoms with van der Waals surface area (Å²) in [6, 6.07) is -0.735. The molecule has 0 fully saturated rings. The third-order valence-corrected chi connectivity index (χ3v) is 9.94. The number of nitrogens with one attached hydrogen (secondary N) is 1. The van der Waals surface area contributed by atoms with Gasteiger partial charge < -0.3 is 20.3 Å². The van der Waals surface area contributed by atoms with Crippen molar-refractivity contribution in [1.29, 1.82) is 0 Å². The van der Waals surface area contributed by atoms with E-state index in [2.05, 4.69) is 99.0 Å². The van der Waals surface area contributed by atoms with Crippen LogP contribution >= 0.6 is 0 Å². The van der Waals surface area contributed by atoms with Crippen LogP contribution in [0.4, 0.5) is 0 Å². The second-order valence-electron chi connectivity index (χ2n) is 15.5. The Bertz CT molecular complexity index is 1240. The van der Waals surface area contributed by atoms with Gasteiger partial charge in [-0.1, -0.05) is 201 Å². The van der Waals surface area contributed by atoms with Crippen molar-refractivity contribution in [3.63, 3.8) is 0 Å². The standard InChI is InChI=1S/C53H87NO5/c1-4-7-10-13-16-19-22-23-24-25-26-27-28-29-31-34-37-40-43-46-53(58)59-49(44-41-38-35-32-30-20-17-14-11-8-5-2)47-52(57)54-50(48-55)51(56)45-42-39-36-33-21-18-15-12-9-6-3/h7-8,10-11,14,16-17,19-20,23-24,26-27,29-32,35,49-51,55-56H,4-6,9,12-13,15,18,21-22,25,28,33-34,36-48H2,1-3H3,(H,54,57)/b10-7-,11-8+,17-14+,19-16-,24-23-,27-26-,30-20-,31-29-,35-32-. The molecule has 0 spiro atoms. The van der Waals surface area contributed by atoms with Gasteiger partial charge in [-0.05, 0) is 83.5 Å². The number of hydrogen-bond acceptors (Lipinski definition) is 5. The van der Waals surface area contributed by atoms with Crippen molar-refractivity contribution < 1.29 is 24.5 Å². The number of amides is 1. The van der Waals surface area contributed by atoms with Crippen LogP contribution in [0.2, 0.25) is 0 Å². The van der Waals surface area contributed by atoms with E-state index in [1.807, 2.05) is 36.5 Å². The highest BCUT2D eigenvalue weighted by Gasteiger charge is 2.24. The van der Waals surface area contributed by atoms with E-state index < -0.39 is 18.2 Å². The summed E-state index contributed by atoms with van der Waals surface area (Å²) < 4.78 is 5.85. The lowest BCUT2D eigenvalue weighted by Crippen LogP contribution is -2.46. The lowest BCUT2D eigenvalue weighted by atomic mass is 10.0. The molecule has 0 aliphatic rings. The summed E-state index contributed by atoms with van der Waals surface area (Å²) in [5, 5.41) is 23.6. The Morgan fingerprint density at radius 3 is 1.59 bits per heavy atom. The van der Waals surface area contributed by atoms with Crippen LogP contribution in [0.25, 0.3) is 0 Å².